The minimum absolute atomic E-state index is 0.119. The Morgan fingerprint density at radius 2 is 1.71 bits per heavy atom. The van der Waals surface area contributed by atoms with Crippen LogP contribution in [0.25, 0.3) is 16.8 Å². The van der Waals surface area contributed by atoms with E-state index in [1.807, 2.05) is 74.7 Å². The van der Waals surface area contributed by atoms with Gasteiger partial charge in [-0.2, -0.15) is 5.10 Å². The Hall–Kier alpha value is -3.67. The van der Waals surface area contributed by atoms with Gasteiger partial charge in [-0.05, 0) is 45.4 Å². The standard InChI is InChI=1S/C25H26N4O2/c1-5-31-22-14-10-9-13-21(22)27-23(30)15-20-16(2)26-25-24(19-11-7-6-8-12-19)17(3)28-29(25)18(20)4/h6-14H,5,15H2,1-4H3,(H,27,30). The van der Waals surface area contributed by atoms with Gasteiger partial charge >= 0.3 is 0 Å². The Balaban J connectivity index is 1.67. The number of carbonyl (C=O) groups is 1. The highest BCUT2D eigenvalue weighted by Gasteiger charge is 2.19. The molecule has 6 heteroatoms. The van der Waals surface area contributed by atoms with Crippen LogP contribution in [-0.4, -0.2) is 27.1 Å². The van der Waals surface area contributed by atoms with Gasteiger partial charge in [0.2, 0.25) is 5.91 Å². The summed E-state index contributed by atoms with van der Waals surface area (Å²) in [5.41, 5.74) is 7.11. The zero-order valence-electron chi connectivity index (χ0n) is 18.3. The Kier molecular flexibility index (Phi) is 5.71. The number of rotatable bonds is 6. The molecule has 0 saturated heterocycles. The van der Waals surface area contributed by atoms with Gasteiger partial charge in [0.05, 0.1) is 24.4 Å². The molecule has 0 aliphatic heterocycles. The molecule has 0 aliphatic carbocycles. The maximum Gasteiger partial charge on any atom is 0.229 e. The first-order valence-corrected chi connectivity index (χ1v) is 10.4. The molecule has 0 atom stereocenters. The van der Waals surface area contributed by atoms with Crippen molar-refractivity contribution in [3.05, 3.63) is 77.2 Å². The summed E-state index contributed by atoms with van der Waals surface area (Å²) in [7, 11) is 0. The molecule has 2 aromatic carbocycles. The second-order valence-electron chi connectivity index (χ2n) is 7.48. The summed E-state index contributed by atoms with van der Waals surface area (Å²) in [5.74, 6) is 0.544. The molecule has 158 valence electrons. The molecule has 1 N–H and O–H groups in total. The van der Waals surface area contributed by atoms with Crippen molar-refractivity contribution >= 4 is 17.2 Å². The first-order chi connectivity index (χ1) is 15.0. The van der Waals surface area contributed by atoms with Crippen LogP contribution in [0.2, 0.25) is 0 Å². The molecule has 0 radical (unpaired) electrons. The maximum absolute atomic E-state index is 12.8. The van der Waals surface area contributed by atoms with Crippen molar-refractivity contribution in [2.75, 3.05) is 11.9 Å². The molecule has 4 aromatic rings. The maximum atomic E-state index is 12.8. The number of hydrogen-bond donors (Lipinski definition) is 1. The SMILES string of the molecule is CCOc1ccccc1NC(=O)Cc1c(C)nc2c(-c3ccccc3)c(C)nn2c1C. The number of ether oxygens (including phenoxy) is 1. The van der Waals surface area contributed by atoms with Crippen LogP contribution in [0.4, 0.5) is 5.69 Å². The lowest BCUT2D eigenvalue weighted by Gasteiger charge is -2.14. The number of para-hydroxylation sites is 2. The number of carbonyl (C=O) groups excluding carboxylic acids is 1. The summed E-state index contributed by atoms with van der Waals surface area (Å²) in [4.78, 5) is 17.7. The quantitative estimate of drug-likeness (QED) is 0.487. The molecule has 31 heavy (non-hydrogen) atoms. The van der Waals surface area contributed by atoms with Gasteiger partial charge in [-0.25, -0.2) is 9.50 Å². The van der Waals surface area contributed by atoms with E-state index in [1.54, 1.807) is 0 Å². The number of aromatic nitrogens is 3. The molecule has 0 saturated carbocycles. The molecule has 0 bridgehead atoms. The number of amides is 1. The molecule has 0 aliphatic rings. The van der Waals surface area contributed by atoms with Gasteiger partial charge in [-0.3, -0.25) is 4.79 Å². The lowest BCUT2D eigenvalue weighted by Crippen LogP contribution is -2.18. The van der Waals surface area contributed by atoms with Gasteiger partial charge in [0.1, 0.15) is 5.75 Å². The van der Waals surface area contributed by atoms with E-state index in [0.717, 1.165) is 39.4 Å². The minimum Gasteiger partial charge on any atom is -0.492 e. The van der Waals surface area contributed by atoms with Gasteiger partial charge in [0.25, 0.3) is 0 Å². The van der Waals surface area contributed by atoms with E-state index in [0.29, 0.717) is 18.0 Å². The summed E-state index contributed by atoms with van der Waals surface area (Å²) < 4.78 is 7.46. The van der Waals surface area contributed by atoms with Crippen LogP contribution in [0.3, 0.4) is 0 Å². The van der Waals surface area contributed by atoms with Crippen LogP contribution in [-0.2, 0) is 11.2 Å². The Labute approximate surface area is 181 Å². The normalized spacial score (nSPS) is 11.0. The number of anilines is 1. The third-order valence-corrected chi connectivity index (χ3v) is 5.36. The first kappa shape index (κ1) is 20.6. The number of benzene rings is 2. The first-order valence-electron chi connectivity index (χ1n) is 10.4. The molecule has 0 fully saturated rings. The number of hydrogen-bond acceptors (Lipinski definition) is 4. The van der Waals surface area contributed by atoms with Crippen LogP contribution in [0.5, 0.6) is 5.75 Å². The summed E-state index contributed by atoms with van der Waals surface area (Å²) in [6.07, 6.45) is 0.209. The Morgan fingerprint density at radius 3 is 2.45 bits per heavy atom. The fourth-order valence-corrected chi connectivity index (χ4v) is 3.87. The molecule has 0 spiro atoms. The highest BCUT2D eigenvalue weighted by atomic mass is 16.5. The Bertz CT molecular complexity index is 1250. The van der Waals surface area contributed by atoms with E-state index in [9.17, 15) is 4.79 Å². The van der Waals surface area contributed by atoms with Crippen molar-refractivity contribution in [3.8, 4) is 16.9 Å². The van der Waals surface area contributed by atoms with Crippen molar-refractivity contribution in [2.45, 2.75) is 34.1 Å². The molecule has 6 nitrogen and oxygen atoms in total. The van der Waals surface area contributed by atoms with Crippen molar-refractivity contribution in [2.24, 2.45) is 0 Å². The molecule has 1 amide bonds. The predicted octanol–water partition coefficient (Wildman–Crippen LogP) is 4.90. The van der Waals surface area contributed by atoms with Gasteiger partial charge in [-0.1, -0.05) is 42.5 Å². The Morgan fingerprint density at radius 1 is 1.00 bits per heavy atom. The zero-order valence-corrected chi connectivity index (χ0v) is 18.3. The van der Waals surface area contributed by atoms with Gasteiger partial charge in [-0.15, -0.1) is 0 Å². The smallest absolute Gasteiger partial charge is 0.229 e. The van der Waals surface area contributed by atoms with Crippen molar-refractivity contribution in [1.29, 1.82) is 0 Å². The van der Waals surface area contributed by atoms with E-state index in [-0.39, 0.29) is 12.3 Å². The largest absolute Gasteiger partial charge is 0.492 e. The summed E-state index contributed by atoms with van der Waals surface area (Å²) in [5, 5.41) is 7.69. The molecule has 2 heterocycles. The van der Waals surface area contributed by atoms with E-state index in [2.05, 4.69) is 17.4 Å². The van der Waals surface area contributed by atoms with Crippen LogP contribution < -0.4 is 10.1 Å². The predicted molar refractivity (Wildman–Crippen MR) is 123 cm³/mol. The monoisotopic (exact) mass is 414 g/mol. The molecule has 0 unspecified atom stereocenters. The van der Waals surface area contributed by atoms with Crippen molar-refractivity contribution in [1.82, 2.24) is 14.6 Å². The highest BCUT2D eigenvalue weighted by Crippen LogP contribution is 2.29. The third-order valence-electron chi connectivity index (χ3n) is 5.36. The average Bonchev–Trinajstić information content (AvgIpc) is 3.09. The van der Waals surface area contributed by atoms with Crippen molar-refractivity contribution < 1.29 is 9.53 Å². The fraction of sp³-hybridized carbons (Fsp3) is 0.240. The summed E-state index contributed by atoms with van der Waals surface area (Å²) in [6, 6.07) is 17.6. The van der Waals surface area contributed by atoms with Crippen LogP contribution in [0.1, 0.15) is 29.6 Å². The van der Waals surface area contributed by atoms with E-state index < -0.39 is 0 Å². The number of fused-ring (bicyclic) bond motifs is 1. The molecule has 2 aromatic heterocycles. The fourth-order valence-electron chi connectivity index (χ4n) is 3.87. The molecular weight excluding hydrogens is 388 g/mol. The van der Waals surface area contributed by atoms with E-state index in [1.165, 1.54) is 0 Å². The van der Waals surface area contributed by atoms with E-state index >= 15 is 0 Å². The number of aryl methyl sites for hydroxylation is 3. The van der Waals surface area contributed by atoms with Crippen molar-refractivity contribution in [3.63, 3.8) is 0 Å². The average molecular weight is 415 g/mol. The summed E-state index contributed by atoms with van der Waals surface area (Å²) >= 11 is 0. The second-order valence-corrected chi connectivity index (χ2v) is 7.48. The number of nitrogens with zero attached hydrogens (tertiary/aromatic N) is 3. The van der Waals surface area contributed by atoms with Crippen LogP contribution in [0.15, 0.2) is 54.6 Å². The number of nitrogens with one attached hydrogen (secondary N) is 1. The second kappa shape index (κ2) is 8.60. The van der Waals surface area contributed by atoms with Gasteiger partial charge < -0.3 is 10.1 Å². The van der Waals surface area contributed by atoms with Crippen LogP contribution >= 0.6 is 0 Å². The zero-order chi connectivity index (χ0) is 22.0. The third kappa shape index (κ3) is 4.01. The minimum atomic E-state index is -0.119. The van der Waals surface area contributed by atoms with Gasteiger partial charge in [0, 0.05) is 22.5 Å². The molecular formula is C25H26N4O2. The lowest BCUT2D eigenvalue weighted by molar-refractivity contribution is -0.115. The molecule has 4 rings (SSSR count). The van der Waals surface area contributed by atoms with E-state index in [4.69, 9.17) is 14.8 Å². The van der Waals surface area contributed by atoms with Crippen LogP contribution in [0, 0.1) is 20.8 Å². The summed E-state index contributed by atoms with van der Waals surface area (Å²) in [6.45, 7) is 8.37. The highest BCUT2D eigenvalue weighted by molar-refractivity contribution is 5.94. The topological polar surface area (TPSA) is 68.5 Å². The van der Waals surface area contributed by atoms with Gasteiger partial charge in [0.15, 0.2) is 5.65 Å². The lowest BCUT2D eigenvalue weighted by atomic mass is 10.1.